The van der Waals surface area contributed by atoms with E-state index in [9.17, 15) is 0 Å². The highest BCUT2D eigenvalue weighted by Gasteiger charge is 2.14. The molecule has 2 rings (SSSR count). The topological polar surface area (TPSA) is 12.9 Å². The van der Waals surface area contributed by atoms with Crippen molar-refractivity contribution in [1.82, 2.24) is 4.98 Å². The standard InChI is InChI=1S/C13H14BrNS/c1-9-13(16-10(2)15-9)12(14)8-11-6-4-3-5-7-11/h3-7,12H,8H2,1-2H3. The summed E-state index contributed by atoms with van der Waals surface area (Å²) >= 11 is 5.54. The molecule has 1 nitrogen and oxygen atoms in total. The van der Waals surface area contributed by atoms with Crippen molar-refractivity contribution in [2.24, 2.45) is 0 Å². The fraction of sp³-hybridized carbons (Fsp3) is 0.308. The van der Waals surface area contributed by atoms with Crippen molar-refractivity contribution in [3.63, 3.8) is 0 Å². The first kappa shape index (κ1) is 11.8. The Morgan fingerprint density at radius 2 is 1.94 bits per heavy atom. The van der Waals surface area contributed by atoms with Gasteiger partial charge in [-0.05, 0) is 25.8 Å². The van der Waals surface area contributed by atoms with Gasteiger partial charge in [-0.2, -0.15) is 0 Å². The van der Waals surface area contributed by atoms with Crippen LogP contribution in [-0.4, -0.2) is 4.98 Å². The second-order valence-electron chi connectivity index (χ2n) is 3.84. The number of aryl methyl sites for hydroxylation is 2. The second kappa shape index (κ2) is 5.11. The number of alkyl halides is 1. The van der Waals surface area contributed by atoms with E-state index < -0.39 is 0 Å². The van der Waals surface area contributed by atoms with E-state index in [1.165, 1.54) is 10.4 Å². The van der Waals surface area contributed by atoms with E-state index in [1.54, 1.807) is 11.3 Å². The van der Waals surface area contributed by atoms with Crippen LogP contribution in [0.3, 0.4) is 0 Å². The molecule has 0 saturated heterocycles. The van der Waals surface area contributed by atoms with Crippen molar-refractivity contribution >= 4 is 27.3 Å². The normalized spacial score (nSPS) is 12.7. The highest BCUT2D eigenvalue weighted by Crippen LogP contribution is 2.33. The minimum atomic E-state index is 0.376. The molecule has 0 spiro atoms. The Balaban J connectivity index is 2.14. The van der Waals surface area contributed by atoms with Gasteiger partial charge in [0.25, 0.3) is 0 Å². The monoisotopic (exact) mass is 295 g/mol. The molecule has 0 aliphatic heterocycles. The van der Waals surface area contributed by atoms with E-state index in [-0.39, 0.29) is 0 Å². The zero-order chi connectivity index (χ0) is 11.5. The molecular formula is C13H14BrNS. The van der Waals surface area contributed by atoms with Crippen LogP contribution in [0, 0.1) is 13.8 Å². The van der Waals surface area contributed by atoms with Gasteiger partial charge in [-0.1, -0.05) is 46.3 Å². The van der Waals surface area contributed by atoms with E-state index in [2.05, 4.69) is 65.1 Å². The highest BCUT2D eigenvalue weighted by molar-refractivity contribution is 9.09. The molecule has 0 N–H and O–H groups in total. The average Bonchev–Trinajstić information content (AvgIpc) is 2.59. The molecule has 1 heterocycles. The van der Waals surface area contributed by atoms with Gasteiger partial charge in [0, 0.05) is 4.88 Å². The molecule has 16 heavy (non-hydrogen) atoms. The SMILES string of the molecule is Cc1nc(C)c(C(Br)Cc2ccccc2)s1. The van der Waals surface area contributed by atoms with Gasteiger partial charge in [0.15, 0.2) is 0 Å². The van der Waals surface area contributed by atoms with Crippen molar-refractivity contribution < 1.29 is 0 Å². The first-order valence-corrected chi connectivity index (χ1v) is 7.02. The third kappa shape index (κ3) is 2.71. The molecule has 0 bridgehead atoms. The Morgan fingerprint density at radius 3 is 2.50 bits per heavy atom. The van der Waals surface area contributed by atoms with Gasteiger partial charge in [0.05, 0.1) is 15.5 Å². The first-order chi connectivity index (χ1) is 7.66. The zero-order valence-electron chi connectivity index (χ0n) is 9.40. The fourth-order valence-corrected chi connectivity index (χ4v) is 3.64. The fourth-order valence-electron chi connectivity index (χ4n) is 1.75. The van der Waals surface area contributed by atoms with Crippen LogP contribution < -0.4 is 0 Å². The highest BCUT2D eigenvalue weighted by atomic mass is 79.9. The molecule has 1 unspecified atom stereocenters. The van der Waals surface area contributed by atoms with Crippen molar-refractivity contribution in [2.45, 2.75) is 25.1 Å². The maximum Gasteiger partial charge on any atom is 0.0900 e. The van der Waals surface area contributed by atoms with Gasteiger partial charge in [0.2, 0.25) is 0 Å². The van der Waals surface area contributed by atoms with E-state index in [0.29, 0.717) is 4.83 Å². The number of rotatable bonds is 3. The number of aromatic nitrogens is 1. The lowest BCUT2D eigenvalue weighted by molar-refractivity contribution is 0.950. The molecule has 0 saturated carbocycles. The largest absolute Gasteiger partial charge is 0.247 e. The van der Waals surface area contributed by atoms with E-state index in [4.69, 9.17) is 0 Å². The summed E-state index contributed by atoms with van der Waals surface area (Å²) in [6.07, 6.45) is 1.02. The molecule has 1 atom stereocenters. The summed E-state index contributed by atoms with van der Waals surface area (Å²) in [6, 6.07) is 10.5. The van der Waals surface area contributed by atoms with Gasteiger partial charge in [-0.3, -0.25) is 0 Å². The average molecular weight is 296 g/mol. The van der Waals surface area contributed by atoms with Crippen LogP contribution in [0.25, 0.3) is 0 Å². The lowest BCUT2D eigenvalue weighted by atomic mass is 10.1. The molecule has 0 aliphatic rings. The van der Waals surface area contributed by atoms with Crippen molar-refractivity contribution in [2.75, 3.05) is 0 Å². The Labute approximate surface area is 109 Å². The molecular weight excluding hydrogens is 282 g/mol. The van der Waals surface area contributed by atoms with Crippen molar-refractivity contribution in [1.29, 1.82) is 0 Å². The number of hydrogen-bond donors (Lipinski definition) is 0. The summed E-state index contributed by atoms with van der Waals surface area (Å²) in [5.74, 6) is 0. The molecule has 0 aliphatic carbocycles. The van der Waals surface area contributed by atoms with Crippen LogP contribution in [-0.2, 0) is 6.42 Å². The summed E-state index contributed by atoms with van der Waals surface area (Å²) in [4.78, 5) is 6.19. The van der Waals surface area contributed by atoms with Crippen LogP contribution in [0.2, 0.25) is 0 Å². The molecule has 0 radical (unpaired) electrons. The number of benzene rings is 1. The van der Waals surface area contributed by atoms with E-state index in [1.807, 2.05) is 0 Å². The lowest BCUT2D eigenvalue weighted by Crippen LogP contribution is -1.94. The Morgan fingerprint density at radius 1 is 1.25 bits per heavy atom. The maximum atomic E-state index is 4.46. The van der Waals surface area contributed by atoms with Gasteiger partial charge in [-0.25, -0.2) is 4.98 Å². The smallest absolute Gasteiger partial charge is 0.0900 e. The Hall–Kier alpha value is -0.670. The maximum absolute atomic E-state index is 4.46. The van der Waals surface area contributed by atoms with Crippen LogP contribution in [0.4, 0.5) is 0 Å². The molecule has 0 fully saturated rings. The minimum absolute atomic E-state index is 0.376. The summed E-state index contributed by atoms with van der Waals surface area (Å²) in [5.41, 5.74) is 2.51. The van der Waals surface area contributed by atoms with E-state index >= 15 is 0 Å². The molecule has 0 amide bonds. The second-order valence-corrected chi connectivity index (χ2v) is 6.18. The summed E-state index contributed by atoms with van der Waals surface area (Å²) < 4.78 is 0. The summed E-state index contributed by atoms with van der Waals surface area (Å²) in [5, 5.41) is 1.14. The predicted octanol–water partition coefficient (Wildman–Crippen LogP) is 4.44. The molecule has 84 valence electrons. The minimum Gasteiger partial charge on any atom is -0.247 e. The Bertz CT molecular complexity index is 464. The van der Waals surface area contributed by atoms with Gasteiger partial charge in [-0.15, -0.1) is 11.3 Å². The molecule has 2 aromatic rings. The summed E-state index contributed by atoms with van der Waals surface area (Å²) in [7, 11) is 0. The predicted molar refractivity (Wildman–Crippen MR) is 73.4 cm³/mol. The van der Waals surface area contributed by atoms with Crippen LogP contribution >= 0.6 is 27.3 Å². The van der Waals surface area contributed by atoms with E-state index in [0.717, 1.165) is 17.1 Å². The lowest BCUT2D eigenvalue weighted by Gasteiger charge is -2.08. The zero-order valence-corrected chi connectivity index (χ0v) is 11.8. The van der Waals surface area contributed by atoms with Crippen LogP contribution in [0.15, 0.2) is 30.3 Å². The van der Waals surface area contributed by atoms with Gasteiger partial charge >= 0.3 is 0 Å². The third-order valence-electron chi connectivity index (χ3n) is 2.48. The number of thiazole rings is 1. The number of nitrogens with zero attached hydrogens (tertiary/aromatic N) is 1. The molecule has 3 heteroatoms. The Kier molecular flexibility index (Phi) is 3.77. The molecule has 1 aromatic carbocycles. The van der Waals surface area contributed by atoms with Crippen molar-refractivity contribution in [3.8, 4) is 0 Å². The van der Waals surface area contributed by atoms with Crippen LogP contribution in [0.1, 0.15) is 26.0 Å². The first-order valence-electron chi connectivity index (χ1n) is 5.28. The quantitative estimate of drug-likeness (QED) is 0.763. The summed E-state index contributed by atoms with van der Waals surface area (Å²) in [6.45, 7) is 4.14. The number of halogens is 1. The van der Waals surface area contributed by atoms with Crippen LogP contribution in [0.5, 0.6) is 0 Å². The van der Waals surface area contributed by atoms with Gasteiger partial charge in [0.1, 0.15) is 0 Å². The third-order valence-corrected chi connectivity index (χ3v) is 4.75. The van der Waals surface area contributed by atoms with Crippen molar-refractivity contribution in [3.05, 3.63) is 51.5 Å². The molecule has 1 aromatic heterocycles. The van der Waals surface area contributed by atoms with Gasteiger partial charge < -0.3 is 0 Å². The number of hydrogen-bond acceptors (Lipinski definition) is 2.